The van der Waals surface area contributed by atoms with Gasteiger partial charge in [0.05, 0.1) is 11.1 Å². The maximum atomic E-state index is 10.8. The van der Waals surface area contributed by atoms with Crippen molar-refractivity contribution >= 4 is 23.5 Å². The molecule has 0 aromatic carbocycles. The summed E-state index contributed by atoms with van der Waals surface area (Å²) < 4.78 is 0. The standard InChI is InChI=1S/C10H9N7O2/c11-9-8(17(18)19)10(14-6-13-9)16-15-5-7-2-1-3-12-4-7/h1-6H,(H3,11,13,14,16)/b15-5+. The van der Waals surface area contributed by atoms with Gasteiger partial charge in [-0.1, -0.05) is 6.07 Å². The van der Waals surface area contributed by atoms with E-state index in [1.54, 1.807) is 24.5 Å². The molecule has 3 N–H and O–H groups in total. The van der Waals surface area contributed by atoms with Gasteiger partial charge < -0.3 is 5.73 Å². The van der Waals surface area contributed by atoms with Crippen molar-refractivity contribution in [3.05, 3.63) is 46.5 Å². The Hall–Kier alpha value is -3.10. The van der Waals surface area contributed by atoms with E-state index in [4.69, 9.17) is 5.73 Å². The van der Waals surface area contributed by atoms with Crippen molar-refractivity contribution < 1.29 is 4.92 Å². The molecule has 0 saturated heterocycles. The fraction of sp³-hybridized carbons (Fsp3) is 0. The lowest BCUT2D eigenvalue weighted by Gasteiger charge is -2.01. The molecular weight excluding hydrogens is 250 g/mol. The fourth-order valence-electron chi connectivity index (χ4n) is 1.27. The summed E-state index contributed by atoms with van der Waals surface area (Å²) in [5, 5.41) is 14.7. The first kappa shape index (κ1) is 12.4. The summed E-state index contributed by atoms with van der Waals surface area (Å²) in [6.07, 6.45) is 5.79. The van der Waals surface area contributed by atoms with E-state index in [1.165, 1.54) is 6.21 Å². The minimum Gasteiger partial charge on any atom is -0.378 e. The summed E-state index contributed by atoms with van der Waals surface area (Å²) >= 11 is 0. The van der Waals surface area contributed by atoms with Crippen LogP contribution in [-0.4, -0.2) is 26.1 Å². The molecule has 19 heavy (non-hydrogen) atoms. The van der Waals surface area contributed by atoms with Crippen LogP contribution in [0.25, 0.3) is 0 Å². The fourth-order valence-corrected chi connectivity index (χ4v) is 1.27. The van der Waals surface area contributed by atoms with Gasteiger partial charge in [0.2, 0.25) is 11.6 Å². The first-order valence-electron chi connectivity index (χ1n) is 5.12. The molecule has 2 heterocycles. The molecule has 0 spiro atoms. The van der Waals surface area contributed by atoms with Crippen LogP contribution in [0.5, 0.6) is 0 Å². The van der Waals surface area contributed by atoms with Gasteiger partial charge in [-0.3, -0.25) is 20.5 Å². The summed E-state index contributed by atoms with van der Waals surface area (Å²) in [5.41, 5.74) is 8.19. The molecule has 2 rings (SSSR count). The molecule has 0 aliphatic heterocycles. The number of pyridine rings is 1. The van der Waals surface area contributed by atoms with Crippen molar-refractivity contribution in [1.29, 1.82) is 0 Å². The Morgan fingerprint density at radius 2 is 2.32 bits per heavy atom. The molecule has 96 valence electrons. The second-order valence-electron chi connectivity index (χ2n) is 3.37. The number of hydrogen-bond donors (Lipinski definition) is 2. The zero-order valence-electron chi connectivity index (χ0n) is 9.59. The number of rotatable bonds is 4. The number of nitrogens with zero attached hydrogens (tertiary/aromatic N) is 5. The third-order valence-corrected chi connectivity index (χ3v) is 2.10. The van der Waals surface area contributed by atoms with E-state index < -0.39 is 10.6 Å². The molecule has 0 unspecified atom stereocenters. The summed E-state index contributed by atoms with van der Waals surface area (Å²) in [5.74, 6) is -0.295. The van der Waals surface area contributed by atoms with Crippen LogP contribution in [0.1, 0.15) is 5.56 Å². The van der Waals surface area contributed by atoms with Crippen molar-refractivity contribution in [2.24, 2.45) is 5.10 Å². The van der Waals surface area contributed by atoms with E-state index in [2.05, 4.69) is 25.5 Å². The number of aromatic nitrogens is 3. The minimum absolute atomic E-state index is 0.0716. The molecular formula is C10H9N7O2. The molecule has 0 aliphatic rings. The highest BCUT2D eigenvalue weighted by molar-refractivity contribution is 5.80. The Labute approximate surface area is 107 Å². The van der Waals surface area contributed by atoms with Crippen LogP contribution in [0.2, 0.25) is 0 Å². The minimum atomic E-state index is -0.669. The molecule has 2 aromatic rings. The van der Waals surface area contributed by atoms with Crippen molar-refractivity contribution in [3.63, 3.8) is 0 Å². The first-order chi connectivity index (χ1) is 9.18. The predicted molar refractivity (Wildman–Crippen MR) is 68.6 cm³/mol. The quantitative estimate of drug-likeness (QED) is 0.471. The van der Waals surface area contributed by atoms with Gasteiger partial charge in [0, 0.05) is 18.0 Å². The number of nitro groups is 1. The van der Waals surface area contributed by atoms with Gasteiger partial charge in [-0.15, -0.1) is 0 Å². The Morgan fingerprint density at radius 3 is 3.00 bits per heavy atom. The predicted octanol–water partition coefficient (Wildman–Crippen LogP) is 0.808. The van der Waals surface area contributed by atoms with Crippen molar-refractivity contribution in [3.8, 4) is 0 Å². The number of hydrazone groups is 1. The van der Waals surface area contributed by atoms with E-state index in [1.807, 2.05) is 0 Å². The molecule has 0 amide bonds. The van der Waals surface area contributed by atoms with Crippen LogP contribution in [0.15, 0.2) is 36.0 Å². The van der Waals surface area contributed by atoms with Gasteiger partial charge in [0.15, 0.2) is 0 Å². The van der Waals surface area contributed by atoms with E-state index >= 15 is 0 Å². The SMILES string of the molecule is Nc1ncnc(N/N=C/c2cccnc2)c1[N+](=O)[O-]. The molecule has 0 aliphatic carbocycles. The second-order valence-corrected chi connectivity index (χ2v) is 3.37. The van der Waals surface area contributed by atoms with E-state index in [9.17, 15) is 10.1 Å². The van der Waals surface area contributed by atoms with Crippen LogP contribution in [0.3, 0.4) is 0 Å². The average Bonchev–Trinajstić information content (AvgIpc) is 2.39. The lowest BCUT2D eigenvalue weighted by Crippen LogP contribution is -2.04. The van der Waals surface area contributed by atoms with Gasteiger partial charge in [0.25, 0.3) is 0 Å². The highest BCUT2D eigenvalue weighted by atomic mass is 16.6. The zero-order valence-corrected chi connectivity index (χ0v) is 9.59. The molecule has 0 fully saturated rings. The van der Waals surface area contributed by atoms with Gasteiger partial charge in [-0.25, -0.2) is 9.97 Å². The summed E-state index contributed by atoms with van der Waals surface area (Å²) in [6.45, 7) is 0. The zero-order chi connectivity index (χ0) is 13.7. The van der Waals surface area contributed by atoms with Gasteiger partial charge in [-0.2, -0.15) is 5.10 Å². The molecule has 0 radical (unpaired) electrons. The normalized spacial score (nSPS) is 10.5. The van der Waals surface area contributed by atoms with Crippen LogP contribution < -0.4 is 11.2 Å². The van der Waals surface area contributed by atoms with E-state index in [0.717, 1.165) is 11.9 Å². The summed E-state index contributed by atoms with van der Waals surface area (Å²) in [7, 11) is 0. The van der Waals surface area contributed by atoms with Crippen molar-refractivity contribution in [2.75, 3.05) is 11.2 Å². The topological polar surface area (TPSA) is 132 Å². The Balaban J connectivity index is 2.18. The molecule has 0 saturated carbocycles. The Bertz CT molecular complexity index is 615. The number of anilines is 2. The highest BCUT2D eigenvalue weighted by Crippen LogP contribution is 2.25. The smallest absolute Gasteiger partial charge is 0.354 e. The van der Waals surface area contributed by atoms with Crippen LogP contribution >= 0.6 is 0 Å². The molecule has 2 aromatic heterocycles. The van der Waals surface area contributed by atoms with Crippen LogP contribution in [-0.2, 0) is 0 Å². The first-order valence-corrected chi connectivity index (χ1v) is 5.12. The highest BCUT2D eigenvalue weighted by Gasteiger charge is 2.20. The average molecular weight is 259 g/mol. The lowest BCUT2D eigenvalue weighted by atomic mass is 10.3. The summed E-state index contributed by atoms with van der Waals surface area (Å²) in [4.78, 5) is 21.3. The number of hydrogen-bond acceptors (Lipinski definition) is 8. The van der Waals surface area contributed by atoms with Gasteiger partial charge in [0.1, 0.15) is 6.33 Å². The summed E-state index contributed by atoms with van der Waals surface area (Å²) in [6, 6.07) is 3.52. The van der Waals surface area contributed by atoms with Gasteiger partial charge >= 0.3 is 5.69 Å². The monoisotopic (exact) mass is 259 g/mol. The van der Waals surface area contributed by atoms with Crippen LogP contribution in [0.4, 0.5) is 17.3 Å². The number of nitrogen functional groups attached to an aromatic ring is 1. The molecule has 9 heteroatoms. The van der Waals surface area contributed by atoms with Crippen molar-refractivity contribution in [2.45, 2.75) is 0 Å². The number of nitrogens with one attached hydrogen (secondary N) is 1. The van der Waals surface area contributed by atoms with Crippen LogP contribution in [0, 0.1) is 10.1 Å². The second kappa shape index (κ2) is 5.49. The van der Waals surface area contributed by atoms with E-state index in [-0.39, 0.29) is 11.6 Å². The van der Waals surface area contributed by atoms with Gasteiger partial charge in [-0.05, 0) is 6.07 Å². The largest absolute Gasteiger partial charge is 0.378 e. The molecule has 0 bridgehead atoms. The molecule has 0 atom stereocenters. The Kier molecular flexibility index (Phi) is 3.57. The van der Waals surface area contributed by atoms with E-state index in [0.29, 0.717) is 0 Å². The Morgan fingerprint density at radius 1 is 1.47 bits per heavy atom. The lowest BCUT2D eigenvalue weighted by molar-refractivity contribution is -0.383. The maximum Gasteiger partial charge on any atom is 0.354 e. The molecule has 9 nitrogen and oxygen atoms in total. The third kappa shape index (κ3) is 2.97. The third-order valence-electron chi connectivity index (χ3n) is 2.10. The van der Waals surface area contributed by atoms with Crippen molar-refractivity contribution in [1.82, 2.24) is 15.0 Å². The number of nitrogens with two attached hydrogens (primary N) is 1. The maximum absolute atomic E-state index is 10.8.